The number of aromatic nitrogens is 1. The van der Waals surface area contributed by atoms with Gasteiger partial charge in [-0.15, -0.1) is 0 Å². The summed E-state index contributed by atoms with van der Waals surface area (Å²) in [6, 6.07) is 7.25. The number of carboxylic acid groups (broad SMARTS) is 1. The lowest BCUT2D eigenvalue weighted by atomic mass is 10.2. The number of alkyl halides is 5. The van der Waals surface area contributed by atoms with E-state index in [4.69, 9.17) is 21.5 Å². The number of carboxylic acids is 1. The first-order valence-electron chi connectivity index (χ1n) is 5.95. The van der Waals surface area contributed by atoms with E-state index in [1.54, 1.807) is 6.07 Å². The second kappa shape index (κ2) is 8.25. The third-order valence-corrected chi connectivity index (χ3v) is 3.04. The van der Waals surface area contributed by atoms with E-state index in [-0.39, 0.29) is 0 Å². The maximum absolute atomic E-state index is 12.5. The SMILES string of the molecule is O=C(Nc1cnc2ccc(Br)cc2c1)C(F)Cl.O=C(O)C(F)(F)F. The van der Waals surface area contributed by atoms with Gasteiger partial charge in [0.1, 0.15) is 0 Å². The number of anilines is 1. The zero-order valence-corrected chi connectivity index (χ0v) is 13.8. The topological polar surface area (TPSA) is 79.3 Å². The molecule has 2 rings (SSSR count). The minimum Gasteiger partial charge on any atom is -0.475 e. The van der Waals surface area contributed by atoms with Crippen molar-refractivity contribution >= 4 is 56.0 Å². The zero-order chi connectivity index (χ0) is 18.5. The van der Waals surface area contributed by atoms with Crippen molar-refractivity contribution < 1.29 is 32.3 Å². The molecule has 1 aromatic carbocycles. The van der Waals surface area contributed by atoms with Crippen LogP contribution < -0.4 is 5.32 Å². The van der Waals surface area contributed by atoms with Crippen molar-refractivity contribution in [3.05, 3.63) is 34.9 Å². The maximum atomic E-state index is 12.5. The fourth-order valence-corrected chi connectivity index (χ4v) is 1.80. The smallest absolute Gasteiger partial charge is 0.475 e. The van der Waals surface area contributed by atoms with Gasteiger partial charge in [0.2, 0.25) is 0 Å². The summed E-state index contributed by atoms with van der Waals surface area (Å²) in [5, 5.41) is 10.3. The van der Waals surface area contributed by atoms with Crippen LogP contribution in [0.2, 0.25) is 0 Å². The molecule has 130 valence electrons. The number of benzene rings is 1. The number of carbonyl (C=O) groups excluding carboxylic acids is 1. The summed E-state index contributed by atoms with van der Waals surface area (Å²) in [6.07, 6.45) is -3.63. The highest BCUT2D eigenvalue weighted by Crippen LogP contribution is 2.21. The quantitative estimate of drug-likeness (QED) is 0.554. The molecule has 2 N–H and O–H groups in total. The molecule has 0 saturated carbocycles. The van der Waals surface area contributed by atoms with Crippen molar-refractivity contribution in [2.75, 3.05) is 5.32 Å². The number of pyridine rings is 1. The zero-order valence-electron chi connectivity index (χ0n) is 11.4. The molecule has 1 amide bonds. The van der Waals surface area contributed by atoms with Crippen LogP contribution in [0.1, 0.15) is 0 Å². The van der Waals surface area contributed by atoms with Crippen LogP contribution >= 0.6 is 27.5 Å². The molecule has 2 aromatic rings. The molecule has 0 saturated heterocycles. The lowest BCUT2D eigenvalue weighted by Gasteiger charge is -2.05. The molecule has 11 heteroatoms. The number of hydrogen-bond acceptors (Lipinski definition) is 3. The molecule has 0 fully saturated rings. The highest BCUT2D eigenvalue weighted by atomic mass is 79.9. The molecule has 0 bridgehead atoms. The number of fused-ring (bicyclic) bond motifs is 1. The van der Waals surface area contributed by atoms with Crippen molar-refractivity contribution in [1.82, 2.24) is 4.98 Å². The van der Waals surface area contributed by atoms with E-state index in [0.717, 1.165) is 15.4 Å². The number of aliphatic carboxylic acids is 1. The van der Waals surface area contributed by atoms with E-state index in [9.17, 15) is 22.4 Å². The normalized spacial score (nSPS) is 12.1. The first kappa shape index (κ1) is 20.1. The second-order valence-corrected chi connectivity index (χ2v) is 5.45. The Morgan fingerprint density at radius 2 is 1.88 bits per heavy atom. The van der Waals surface area contributed by atoms with Crippen LogP contribution in [0.4, 0.5) is 23.2 Å². The lowest BCUT2D eigenvalue weighted by molar-refractivity contribution is -0.192. The van der Waals surface area contributed by atoms with Crippen LogP contribution in [-0.4, -0.2) is 33.8 Å². The van der Waals surface area contributed by atoms with Gasteiger partial charge in [-0.2, -0.15) is 13.2 Å². The third kappa shape index (κ3) is 6.28. The van der Waals surface area contributed by atoms with Gasteiger partial charge < -0.3 is 10.4 Å². The fraction of sp³-hybridized carbons (Fsp3) is 0.154. The summed E-state index contributed by atoms with van der Waals surface area (Å²) in [4.78, 5) is 24.1. The Bertz CT molecular complexity index is 756. The molecule has 1 unspecified atom stereocenters. The molecule has 0 aliphatic rings. The number of nitrogens with one attached hydrogen (secondary N) is 1. The molecule has 0 spiro atoms. The summed E-state index contributed by atoms with van der Waals surface area (Å²) >= 11 is 8.35. The Morgan fingerprint density at radius 1 is 1.29 bits per heavy atom. The van der Waals surface area contributed by atoms with Gasteiger partial charge in [-0.1, -0.05) is 27.5 Å². The van der Waals surface area contributed by atoms with Crippen LogP contribution in [0.25, 0.3) is 10.9 Å². The number of halogens is 6. The third-order valence-electron chi connectivity index (χ3n) is 2.35. The van der Waals surface area contributed by atoms with E-state index in [1.165, 1.54) is 6.20 Å². The van der Waals surface area contributed by atoms with Crippen LogP contribution in [0.15, 0.2) is 34.9 Å². The van der Waals surface area contributed by atoms with Gasteiger partial charge in [-0.25, -0.2) is 9.18 Å². The van der Waals surface area contributed by atoms with E-state index in [2.05, 4.69) is 26.2 Å². The predicted octanol–water partition coefficient (Wildman–Crippen LogP) is 4.10. The van der Waals surface area contributed by atoms with Crippen LogP contribution in [0.3, 0.4) is 0 Å². The average Bonchev–Trinajstić information content (AvgIpc) is 2.46. The summed E-state index contributed by atoms with van der Waals surface area (Å²) in [5.41, 5.74) is -0.869. The lowest BCUT2D eigenvalue weighted by Crippen LogP contribution is -2.21. The number of nitrogens with zero attached hydrogens (tertiary/aromatic N) is 1. The van der Waals surface area contributed by atoms with Gasteiger partial charge in [-0.3, -0.25) is 9.78 Å². The molecule has 24 heavy (non-hydrogen) atoms. The van der Waals surface area contributed by atoms with Gasteiger partial charge in [0.25, 0.3) is 11.5 Å². The van der Waals surface area contributed by atoms with Crippen molar-refractivity contribution in [2.24, 2.45) is 0 Å². The Labute approximate surface area is 145 Å². The Balaban J connectivity index is 0.000000351. The molecule has 0 aliphatic heterocycles. The number of hydrogen-bond donors (Lipinski definition) is 2. The van der Waals surface area contributed by atoms with E-state index in [1.807, 2.05) is 18.2 Å². The van der Waals surface area contributed by atoms with E-state index >= 15 is 0 Å². The second-order valence-electron chi connectivity index (χ2n) is 4.15. The van der Waals surface area contributed by atoms with Crippen molar-refractivity contribution in [3.63, 3.8) is 0 Å². The number of amides is 1. The minimum atomic E-state index is -5.08. The fourth-order valence-electron chi connectivity index (χ4n) is 1.37. The highest BCUT2D eigenvalue weighted by Gasteiger charge is 2.38. The molecule has 1 atom stereocenters. The number of carbonyl (C=O) groups is 2. The molecule has 0 radical (unpaired) electrons. The van der Waals surface area contributed by atoms with E-state index < -0.39 is 23.7 Å². The Kier molecular flexibility index (Phi) is 6.91. The summed E-state index contributed by atoms with van der Waals surface area (Å²) in [5.74, 6) is -3.66. The Morgan fingerprint density at radius 3 is 2.38 bits per heavy atom. The first-order valence-corrected chi connectivity index (χ1v) is 7.18. The van der Waals surface area contributed by atoms with Gasteiger partial charge >= 0.3 is 12.1 Å². The van der Waals surface area contributed by atoms with Crippen molar-refractivity contribution in [3.8, 4) is 0 Å². The van der Waals surface area contributed by atoms with Crippen molar-refractivity contribution in [1.29, 1.82) is 0 Å². The summed E-state index contributed by atoms with van der Waals surface area (Å²) < 4.78 is 45.1. The highest BCUT2D eigenvalue weighted by molar-refractivity contribution is 9.10. The van der Waals surface area contributed by atoms with Gasteiger partial charge in [-0.05, 0) is 24.3 Å². The largest absolute Gasteiger partial charge is 0.490 e. The molecular formula is C13H8BrClF4N2O3. The van der Waals surface area contributed by atoms with Gasteiger partial charge in [0.05, 0.1) is 17.4 Å². The predicted molar refractivity (Wildman–Crippen MR) is 82.5 cm³/mol. The van der Waals surface area contributed by atoms with E-state index in [0.29, 0.717) is 5.69 Å². The van der Waals surface area contributed by atoms with Gasteiger partial charge in [0.15, 0.2) is 0 Å². The molecule has 1 aromatic heterocycles. The number of rotatable bonds is 2. The maximum Gasteiger partial charge on any atom is 0.490 e. The monoisotopic (exact) mass is 430 g/mol. The Hall–Kier alpha value is -1.94. The molecular weight excluding hydrogens is 424 g/mol. The molecule has 1 heterocycles. The van der Waals surface area contributed by atoms with Crippen LogP contribution in [0.5, 0.6) is 0 Å². The minimum absolute atomic E-state index is 0.406. The van der Waals surface area contributed by atoms with Crippen molar-refractivity contribution in [2.45, 2.75) is 11.8 Å². The van der Waals surface area contributed by atoms with Crippen LogP contribution in [-0.2, 0) is 9.59 Å². The average molecular weight is 432 g/mol. The standard InChI is InChI=1S/C11H7BrClFN2O.C2HF3O2/c12-7-1-2-9-6(3-7)4-8(5-15-9)16-11(17)10(13)14;3-2(4,5)1(6)7/h1-5,10H,(H,16,17);(H,6,7). The first-order chi connectivity index (χ1) is 11.0. The summed E-state index contributed by atoms with van der Waals surface area (Å²) in [6.45, 7) is 0. The van der Waals surface area contributed by atoms with Crippen LogP contribution in [0, 0.1) is 0 Å². The molecule has 5 nitrogen and oxygen atoms in total. The molecule has 0 aliphatic carbocycles. The summed E-state index contributed by atoms with van der Waals surface area (Å²) in [7, 11) is 0. The van der Waals surface area contributed by atoms with Gasteiger partial charge in [0, 0.05) is 9.86 Å².